The second-order valence-corrected chi connectivity index (χ2v) is 11.9. The number of nitrogen functional groups attached to an aromatic ring is 1. The molecule has 2 rings (SSSR count). The van der Waals surface area contributed by atoms with E-state index in [1.807, 2.05) is 26.0 Å². The Labute approximate surface area is 224 Å². The molecule has 0 aliphatic carbocycles. The lowest BCUT2D eigenvalue weighted by Crippen LogP contribution is -2.44. The molecule has 2 N–H and O–H groups in total. The monoisotopic (exact) mass is 527 g/mol. The molecule has 35 heavy (non-hydrogen) atoms. The summed E-state index contributed by atoms with van der Waals surface area (Å²) in [5.41, 5.74) is 8.50. The number of piperidine rings is 1. The number of carbonyl (C=O) groups is 1. The molecule has 1 heterocycles. The first-order valence-electron chi connectivity index (χ1n) is 13.6. The Balaban J connectivity index is 0.000000545. The second-order valence-electron chi connectivity index (χ2n) is 10.3. The number of ketones is 1. The highest BCUT2D eigenvalue weighted by Crippen LogP contribution is 2.23. The number of nitrogens with two attached hydrogens (primary N) is 1. The van der Waals surface area contributed by atoms with Crippen molar-refractivity contribution in [2.45, 2.75) is 92.5 Å². The lowest BCUT2D eigenvalue weighted by Gasteiger charge is -2.37. The Morgan fingerprint density at radius 1 is 1.23 bits per heavy atom. The molecule has 2 unspecified atom stereocenters. The minimum absolute atomic E-state index is 0.322. The maximum atomic E-state index is 10.3. The highest BCUT2D eigenvalue weighted by atomic mass is 35.5. The topological polar surface area (TPSA) is 49.6 Å². The zero-order chi connectivity index (χ0) is 26.8. The van der Waals surface area contributed by atoms with Crippen molar-refractivity contribution in [3.05, 3.63) is 28.3 Å². The van der Waals surface area contributed by atoms with Crippen LogP contribution in [0.2, 0.25) is 5.02 Å². The molecule has 204 valence electrons. The molecular weight excluding hydrogens is 473 g/mol. The molecule has 1 saturated heterocycles. The number of benzene rings is 1. The van der Waals surface area contributed by atoms with E-state index in [2.05, 4.69) is 44.3 Å². The van der Waals surface area contributed by atoms with Crippen molar-refractivity contribution in [1.82, 2.24) is 9.80 Å². The molecule has 4 nitrogen and oxygen atoms in total. The Morgan fingerprint density at radius 2 is 1.86 bits per heavy atom. The highest BCUT2D eigenvalue weighted by molar-refractivity contribution is 7.36. The van der Waals surface area contributed by atoms with Gasteiger partial charge in [0.05, 0.1) is 10.7 Å². The van der Waals surface area contributed by atoms with Crippen LogP contribution in [0.15, 0.2) is 12.1 Å². The summed E-state index contributed by atoms with van der Waals surface area (Å²) in [6, 6.07) is 4.74. The number of likely N-dealkylation sites (tertiary alicyclic amines) is 1. The summed E-state index contributed by atoms with van der Waals surface area (Å²) in [4.78, 5) is 15.6. The van der Waals surface area contributed by atoms with Gasteiger partial charge in [-0.05, 0) is 122 Å². The largest absolute Gasteiger partial charge is 0.397 e. The number of hydrogen-bond acceptors (Lipinski definition) is 4. The van der Waals surface area contributed by atoms with Crippen molar-refractivity contribution in [3.63, 3.8) is 0 Å². The van der Waals surface area contributed by atoms with Gasteiger partial charge in [-0.3, -0.25) is 0 Å². The Hall–Kier alpha value is -0.670. The van der Waals surface area contributed by atoms with Gasteiger partial charge in [0.15, 0.2) is 0 Å². The fourth-order valence-corrected chi connectivity index (χ4v) is 5.01. The maximum absolute atomic E-state index is 10.3. The van der Waals surface area contributed by atoms with E-state index < -0.39 is 0 Å². The average molecular weight is 528 g/mol. The van der Waals surface area contributed by atoms with E-state index in [0.717, 1.165) is 44.5 Å². The molecule has 1 aliphatic rings. The van der Waals surface area contributed by atoms with Crippen LogP contribution in [-0.2, 0) is 4.79 Å². The summed E-state index contributed by atoms with van der Waals surface area (Å²) in [6.07, 6.45) is 9.84. The highest BCUT2D eigenvalue weighted by Gasteiger charge is 2.22. The minimum atomic E-state index is 0.322. The third-order valence-corrected chi connectivity index (χ3v) is 7.92. The summed E-state index contributed by atoms with van der Waals surface area (Å²) in [5, 5.41) is 0.650. The average Bonchev–Trinajstić information content (AvgIpc) is 2.81. The van der Waals surface area contributed by atoms with Crippen molar-refractivity contribution >= 4 is 31.7 Å². The fourth-order valence-electron chi connectivity index (χ4n) is 4.16. The summed E-state index contributed by atoms with van der Waals surface area (Å²) in [6.45, 7) is 20.0. The Bertz CT molecular complexity index is 669. The van der Waals surface area contributed by atoms with Crippen LogP contribution in [0.5, 0.6) is 0 Å². The van der Waals surface area contributed by atoms with Crippen LogP contribution in [0.25, 0.3) is 0 Å². The van der Waals surface area contributed by atoms with E-state index in [9.17, 15) is 4.79 Å². The number of halogens is 1. The quantitative estimate of drug-likeness (QED) is 0.184. The smallest absolute Gasteiger partial charge is 0.129 e. The molecule has 0 saturated carbocycles. The van der Waals surface area contributed by atoms with Gasteiger partial charge in [0.25, 0.3) is 0 Å². The van der Waals surface area contributed by atoms with Crippen molar-refractivity contribution in [1.29, 1.82) is 0 Å². The summed E-state index contributed by atoms with van der Waals surface area (Å²) in [5.74, 6) is 1.21. The summed E-state index contributed by atoms with van der Waals surface area (Å²) >= 11 is 5.79. The minimum Gasteiger partial charge on any atom is -0.397 e. The summed E-state index contributed by atoms with van der Waals surface area (Å²) in [7, 11) is 3.25. The first-order valence-corrected chi connectivity index (χ1v) is 15.7. The van der Waals surface area contributed by atoms with E-state index in [4.69, 9.17) is 17.3 Å². The molecule has 0 aromatic heterocycles. The van der Waals surface area contributed by atoms with Gasteiger partial charge in [-0.25, -0.2) is 0 Å². The number of Topliss-reactive ketones (excluding diaryl/α,β-unsaturated/α-hetero) is 1. The van der Waals surface area contributed by atoms with Gasteiger partial charge in [0, 0.05) is 12.5 Å². The molecule has 1 aromatic rings. The van der Waals surface area contributed by atoms with Crippen LogP contribution in [0.4, 0.5) is 5.69 Å². The fraction of sp³-hybridized carbons (Fsp3) is 0.759. The zero-order valence-electron chi connectivity index (χ0n) is 24.1. The lowest BCUT2D eigenvalue weighted by atomic mass is 10.0. The molecule has 0 radical (unpaired) electrons. The number of carbonyl (C=O) groups excluding carboxylic acids is 1. The molecule has 1 fully saturated rings. The zero-order valence-corrected chi connectivity index (χ0v) is 25.8. The van der Waals surface area contributed by atoms with Crippen LogP contribution in [-0.4, -0.2) is 67.7 Å². The molecule has 1 aromatic carbocycles. The van der Waals surface area contributed by atoms with Gasteiger partial charge in [-0.2, -0.15) is 0 Å². The standard InChI is InChI=1S/C15H32N2.C8H10ClN.C6H13OP/c1-5-10-17(13-7-14(3)6-2)15-8-11-16(4)12-9-15;1-5-3-6(2)8(10)7(9)4-5;1-6(7)4-3-5-8-2/h14-15H,5-13H2,1-4H3;3-4H,10H2,1-2H3;8H,3-5H2,1-2H3. The normalized spacial score (nSPS) is 15.5. The van der Waals surface area contributed by atoms with Crippen molar-refractivity contribution < 1.29 is 4.79 Å². The number of anilines is 1. The number of nitrogens with zero attached hydrogens (tertiary/aromatic N) is 2. The van der Waals surface area contributed by atoms with Crippen LogP contribution >= 0.6 is 20.2 Å². The summed E-state index contributed by atoms with van der Waals surface area (Å²) < 4.78 is 0. The molecule has 1 aliphatic heterocycles. The SMILES string of the molecule is CCCN(CCC(C)CC)C1CCN(C)CC1.CPCCCC(C)=O.Cc1cc(C)c(N)c(Cl)c1. The Kier molecular flexibility index (Phi) is 20.0. The third-order valence-electron chi connectivity index (χ3n) is 6.76. The molecular formula is C29H55ClN3OP. The first kappa shape index (κ1) is 34.3. The van der Waals surface area contributed by atoms with Crippen LogP contribution < -0.4 is 5.73 Å². The van der Waals surface area contributed by atoms with Crippen LogP contribution in [0.1, 0.15) is 83.8 Å². The first-order chi connectivity index (χ1) is 16.5. The van der Waals surface area contributed by atoms with Crippen LogP contribution in [0, 0.1) is 19.8 Å². The van der Waals surface area contributed by atoms with Gasteiger partial charge >= 0.3 is 0 Å². The predicted octanol–water partition coefficient (Wildman–Crippen LogP) is 7.43. The van der Waals surface area contributed by atoms with Gasteiger partial charge in [0.2, 0.25) is 0 Å². The van der Waals surface area contributed by atoms with Gasteiger partial charge in [-0.15, -0.1) is 8.58 Å². The Morgan fingerprint density at radius 3 is 2.34 bits per heavy atom. The van der Waals surface area contributed by atoms with Gasteiger partial charge < -0.3 is 20.3 Å². The molecule has 0 spiro atoms. The van der Waals surface area contributed by atoms with E-state index in [1.165, 1.54) is 64.4 Å². The second kappa shape index (κ2) is 20.4. The van der Waals surface area contributed by atoms with Gasteiger partial charge in [0.1, 0.15) is 5.78 Å². The molecule has 6 heteroatoms. The molecule has 0 bridgehead atoms. The van der Waals surface area contributed by atoms with Crippen LogP contribution in [0.3, 0.4) is 0 Å². The number of hydrogen-bond donors (Lipinski definition) is 1. The lowest BCUT2D eigenvalue weighted by molar-refractivity contribution is -0.117. The van der Waals surface area contributed by atoms with E-state index >= 15 is 0 Å². The molecule has 2 atom stereocenters. The van der Waals surface area contributed by atoms with E-state index in [0.29, 0.717) is 16.5 Å². The van der Waals surface area contributed by atoms with Crippen molar-refractivity contribution in [3.8, 4) is 0 Å². The van der Waals surface area contributed by atoms with Crippen molar-refractivity contribution in [2.75, 3.05) is 51.8 Å². The number of aryl methyl sites for hydroxylation is 2. The van der Waals surface area contributed by atoms with Crippen molar-refractivity contribution in [2.24, 2.45) is 5.92 Å². The predicted molar refractivity (Wildman–Crippen MR) is 161 cm³/mol. The third kappa shape index (κ3) is 16.6. The maximum Gasteiger partial charge on any atom is 0.129 e. The van der Waals surface area contributed by atoms with Gasteiger partial charge in [-0.1, -0.05) is 44.9 Å². The van der Waals surface area contributed by atoms with E-state index in [-0.39, 0.29) is 0 Å². The number of rotatable bonds is 11. The van der Waals surface area contributed by atoms with E-state index in [1.54, 1.807) is 6.92 Å². The molecule has 0 amide bonds.